The average molecular weight is 452 g/mol. The molecular weight excluding hydrogens is 426 g/mol. The van der Waals surface area contributed by atoms with Crippen molar-refractivity contribution in [3.05, 3.63) is 56.7 Å². The Morgan fingerprint density at radius 2 is 1.91 bits per heavy atom. The molecular formula is C24H25N3O4S. The Bertz CT molecular complexity index is 1400. The van der Waals surface area contributed by atoms with Crippen LogP contribution in [0, 0.1) is 13.8 Å². The van der Waals surface area contributed by atoms with Crippen LogP contribution in [-0.4, -0.2) is 21.7 Å². The van der Waals surface area contributed by atoms with Crippen LogP contribution in [0.1, 0.15) is 49.9 Å². The van der Waals surface area contributed by atoms with Crippen molar-refractivity contribution in [3.63, 3.8) is 0 Å². The van der Waals surface area contributed by atoms with E-state index < -0.39 is 17.7 Å². The molecule has 3 aromatic heterocycles. The third kappa shape index (κ3) is 4.50. The molecule has 3 heterocycles. The molecule has 0 aliphatic heterocycles. The highest BCUT2D eigenvalue weighted by atomic mass is 32.1. The normalized spacial score (nSPS) is 12.8. The van der Waals surface area contributed by atoms with Crippen molar-refractivity contribution in [2.45, 2.75) is 53.2 Å². The van der Waals surface area contributed by atoms with Gasteiger partial charge in [0.25, 0.3) is 0 Å². The summed E-state index contributed by atoms with van der Waals surface area (Å²) in [6, 6.07) is 8.37. The molecule has 1 atom stereocenters. The van der Waals surface area contributed by atoms with Crippen molar-refractivity contribution >= 4 is 38.7 Å². The van der Waals surface area contributed by atoms with E-state index in [2.05, 4.69) is 15.3 Å². The number of nitrogens with zero attached hydrogens (tertiary/aromatic N) is 2. The highest BCUT2D eigenvalue weighted by Crippen LogP contribution is 2.30. The zero-order valence-electron chi connectivity index (χ0n) is 18.9. The van der Waals surface area contributed by atoms with Gasteiger partial charge in [0.1, 0.15) is 27.2 Å². The molecule has 4 aromatic rings. The molecule has 4 rings (SSSR count). The van der Waals surface area contributed by atoms with E-state index in [1.807, 2.05) is 32.9 Å². The van der Waals surface area contributed by atoms with E-state index in [4.69, 9.17) is 9.15 Å². The van der Waals surface area contributed by atoms with Gasteiger partial charge >= 0.3 is 6.09 Å². The largest absolute Gasteiger partial charge is 0.454 e. The monoisotopic (exact) mass is 451 g/mol. The van der Waals surface area contributed by atoms with Crippen molar-refractivity contribution in [2.75, 3.05) is 0 Å². The van der Waals surface area contributed by atoms with Gasteiger partial charge < -0.3 is 14.5 Å². The van der Waals surface area contributed by atoms with E-state index in [1.54, 1.807) is 32.9 Å². The number of pyridine rings is 1. The van der Waals surface area contributed by atoms with Gasteiger partial charge in [0.2, 0.25) is 0 Å². The number of benzene rings is 1. The number of aryl methyl sites for hydroxylation is 2. The van der Waals surface area contributed by atoms with Crippen LogP contribution in [0.3, 0.4) is 0 Å². The number of carbonyl (C=O) groups is 1. The Morgan fingerprint density at radius 1 is 1.16 bits per heavy atom. The molecule has 7 nitrogen and oxygen atoms in total. The molecule has 0 fully saturated rings. The number of amides is 1. The van der Waals surface area contributed by atoms with E-state index in [0.717, 1.165) is 20.9 Å². The predicted octanol–water partition coefficient (Wildman–Crippen LogP) is 5.67. The van der Waals surface area contributed by atoms with E-state index >= 15 is 0 Å². The molecule has 0 saturated heterocycles. The molecule has 1 aromatic carbocycles. The molecule has 0 radical (unpaired) electrons. The fourth-order valence-corrected chi connectivity index (χ4v) is 4.29. The number of ether oxygens (including phenoxy) is 1. The molecule has 1 N–H and O–H groups in total. The van der Waals surface area contributed by atoms with Gasteiger partial charge in [-0.25, -0.2) is 14.8 Å². The zero-order chi connectivity index (χ0) is 23.2. The maximum Gasteiger partial charge on any atom is 0.408 e. The third-order valence-electron chi connectivity index (χ3n) is 4.82. The minimum absolute atomic E-state index is 0.168. The van der Waals surface area contributed by atoms with Crippen molar-refractivity contribution in [3.8, 4) is 11.5 Å². The fraction of sp³-hybridized carbons (Fsp3) is 0.333. The molecule has 0 spiro atoms. The van der Waals surface area contributed by atoms with E-state index in [-0.39, 0.29) is 5.43 Å². The summed E-state index contributed by atoms with van der Waals surface area (Å²) >= 11 is 1.49. The molecule has 166 valence electrons. The van der Waals surface area contributed by atoms with Crippen LogP contribution in [0.2, 0.25) is 0 Å². The standard InChI is InChI=1S/C24H25N3O4S/c1-12-9-15(13(2)25-23(29)31-24(4,5)6)21-16(10-12)19(28)11-20(30-21)17-7-8-18-22(27-17)32-14(3)26-18/h7-11,13H,1-6H3,(H,25,29)/t13-/m1/s1. The highest BCUT2D eigenvalue weighted by Gasteiger charge is 2.21. The highest BCUT2D eigenvalue weighted by molar-refractivity contribution is 7.18. The minimum atomic E-state index is -0.614. The topological polar surface area (TPSA) is 94.3 Å². The van der Waals surface area contributed by atoms with E-state index in [0.29, 0.717) is 28.0 Å². The summed E-state index contributed by atoms with van der Waals surface area (Å²) in [6.45, 7) is 11.1. The lowest BCUT2D eigenvalue weighted by atomic mass is 10.0. The Balaban J connectivity index is 1.80. The Labute approximate surface area is 189 Å². The molecule has 0 bridgehead atoms. The van der Waals surface area contributed by atoms with Crippen LogP contribution in [0.25, 0.3) is 32.8 Å². The number of hydrogen-bond acceptors (Lipinski definition) is 7. The molecule has 0 aliphatic rings. The van der Waals surface area contributed by atoms with Crippen LogP contribution in [0.5, 0.6) is 0 Å². The Hall–Kier alpha value is -3.26. The van der Waals surface area contributed by atoms with Gasteiger partial charge in [-0.05, 0) is 65.3 Å². The van der Waals surface area contributed by atoms with Gasteiger partial charge in [0.15, 0.2) is 11.2 Å². The summed E-state index contributed by atoms with van der Waals surface area (Å²) < 4.78 is 11.6. The van der Waals surface area contributed by atoms with Gasteiger partial charge in [0.05, 0.1) is 16.4 Å². The summed E-state index contributed by atoms with van der Waals surface area (Å²) in [7, 11) is 0. The molecule has 0 unspecified atom stereocenters. The second kappa shape index (κ2) is 8.02. The molecule has 32 heavy (non-hydrogen) atoms. The number of hydrogen-bond donors (Lipinski definition) is 1. The number of carbonyl (C=O) groups excluding carboxylic acids is 1. The number of alkyl carbamates (subject to hydrolysis) is 1. The molecule has 0 aliphatic carbocycles. The lowest BCUT2D eigenvalue weighted by Gasteiger charge is -2.22. The van der Waals surface area contributed by atoms with E-state index in [9.17, 15) is 9.59 Å². The quantitative estimate of drug-likeness (QED) is 0.431. The minimum Gasteiger partial charge on any atom is -0.454 e. The van der Waals surface area contributed by atoms with E-state index in [1.165, 1.54) is 17.4 Å². The fourth-order valence-electron chi connectivity index (χ4n) is 3.51. The number of rotatable bonds is 3. The van der Waals surface area contributed by atoms with Gasteiger partial charge in [-0.3, -0.25) is 4.79 Å². The van der Waals surface area contributed by atoms with Gasteiger partial charge in [0, 0.05) is 11.6 Å². The Kier molecular flexibility index (Phi) is 5.50. The van der Waals surface area contributed by atoms with Crippen LogP contribution < -0.4 is 10.7 Å². The molecule has 0 saturated carbocycles. The first-order valence-electron chi connectivity index (χ1n) is 10.3. The summed E-state index contributed by atoms with van der Waals surface area (Å²) in [5.74, 6) is 0.366. The first-order chi connectivity index (χ1) is 15.0. The van der Waals surface area contributed by atoms with Crippen LogP contribution >= 0.6 is 11.3 Å². The van der Waals surface area contributed by atoms with Gasteiger partial charge in [-0.2, -0.15) is 0 Å². The Morgan fingerprint density at radius 3 is 2.62 bits per heavy atom. The number of fused-ring (bicyclic) bond motifs is 2. The van der Waals surface area contributed by atoms with Gasteiger partial charge in [-0.15, -0.1) is 0 Å². The number of aromatic nitrogens is 2. The number of nitrogens with one attached hydrogen (secondary N) is 1. The smallest absolute Gasteiger partial charge is 0.408 e. The average Bonchev–Trinajstić information content (AvgIpc) is 3.05. The maximum absolute atomic E-state index is 13.0. The predicted molar refractivity (Wildman–Crippen MR) is 126 cm³/mol. The van der Waals surface area contributed by atoms with Crippen molar-refractivity contribution in [1.29, 1.82) is 0 Å². The first-order valence-corrected chi connectivity index (χ1v) is 11.1. The first kappa shape index (κ1) is 22.0. The summed E-state index contributed by atoms with van der Waals surface area (Å²) in [6.07, 6.45) is -0.536. The van der Waals surface area contributed by atoms with Crippen molar-refractivity contribution in [1.82, 2.24) is 15.3 Å². The van der Waals surface area contributed by atoms with Crippen LogP contribution in [-0.2, 0) is 4.74 Å². The van der Waals surface area contributed by atoms with Crippen molar-refractivity contribution < 1.29 is 13.9 Å². The van der Waals surface area contributed by atoms with Crippen LogP contribution in [0.15, 0.2) is 39.5 Å². The second-order valence-electron chi connectivity index (χ2n) is 8.83. The van der Waals surface area contributed by atoms with Crippen molar-refractivity contribution in [2.24, 2.45) is 0 Å². The van der Waals surface area contributed by atoms with Crippen LogP contribution in [0.4, 0.5) is 4.79 Å². The lowest BCUT2D eigenvalue weighted by molar-refractivity contribution is 0.0508. The summed E-state index contributed by atoms with van der Waals surface area (Å²) in [5.41, 5.74) is 2.59. The lowest BCUT2D eigenvalue weighted by Crippen LogP contribution is -2.34. The molecule has 1 amide bonds. The third-order valence-corrected chi connectivity index (χ3v) is 5.70. The SMILES string of the molecule is Cc1cc([C@@H](C)NC(=O)OC(C)(C)C)c2oc(-c3ccc4nc(C)sc4n3)cc(=O)c2c1. The second-order valence-corrected chi connectivity index (χ2v) is 10.0. The maximum atomic E-state index is 13.0. The summed E-state index contributed by atoms with van der Waals surface area (Å²) in [4.78, 5) is 35.1. The summed E-state index contributed by atoms with van der Waals surface area (Å²) in [5, 5.41) is 4.21. The number of thiazole rings is 1. The van der Waals surface area contributed by atoms with Gasteiger partial charge in [-0.1, -0.05) is 17.4 Å². The molecule has 8 heteroatoms. The zero-order valence-corrected chi connectivity index (χ0v) is 19.7.